The van der Waals surface area contributed by atoms with Crippen molar-refractivity contribution in [2.75, 3.05) is 25.0 Å². The average molecular weight is 529 g/mol. The maximum atomic E-state index is 8.40. The summed E-state index contributed by atoms with van der Waals surface area (Å²) in [4.78, 5) is 15.4. The van der Waals surface area contributed by atoms with E-state index in [0.29, 0.717) is 0 Å². The van der Waals surface area contributed by atoms with Crippen molar-refractivity contribution >= 4 is 17.2 Å². The molecule has 0 fully saturated rings. The van der Waals surface area contributed by atoms with Gasteiger partial charge in [-0.05, 0) is 24.3 Å². The van der Waals surface area contributed by atoms with E-state index in [0.717, 1.165) is 24.4 Å². The van der Waals surface area contributed by atoms with Gasteiger partial charge < -0.3 is 15.0 Å². The van der Waals surface area contributed by atoms with Crippen LogP contribution in [0.3, 0.4) is 0 Å². The third-order valence-electron chi connectivity index (χ3n) is 3.66. The maximum Gasteiger partial charge on any atom is 0.316 e. The van der Waals surface area contributed by atoms with Crippen LogP contribution in [0.25, 0.3) is 0 Å². The number of benzene rings is 2. The second kappa shape index (κ2) is 10.7. The molecule has 0 amide bonds. The summed E-state index contributed by atoms with van der Waals surface area (Å²) in [6.45, 7) is 4.77. The molecule has 2 N–H and O–H groups in total. The SMILES string of the molecule is CC(=[OH+])/C=C(/C)O.CN1CCN=C(c2[c-]cccc2)c2ccccc21.[Ir]. The van der Waals surface area contributed by atoms with Gasteiger partial charge in [-0.3, -0.25) is 4.79 Å². The van der Waals surface area contributed by atoms with Crippen LogP contribution in [0.1, 0.15) is 25.0 Å². The molecule has 0 spiro atoms. The van der Waals surface area contributed by atoms with Crippen molar-refractivity contribution < 1.29 is 30.0 Å². The first-order valence-electron chi connectivity index (χ1n) is 8.21. The van der Waals surface area contributed by atoms with Gasteiger partial charge in [0, 0.05) is 45.9 Å². The molecule has 0 aromatic heterocycles. The van der Waals surface area contributed by atoms with Gasteiger partial charge in [0.15, 0.2) is 0 Å². The quantitative estimate of drug-likeness (QED) is 0.279. The number of hydrogen-bond donors (Lipinski definition) is 1. The van der Waals surface area contributed by atoms with E-state index in [-0.39, 0.29) is 31.6 Å². The Bertz CT molecular complexity index is 782. The van der Waals surface area contributed by atoms with Crippen molar-refractivity contribution in [2.24, 2.45) is 4.99 Å². The number of carbonyl (C=O) groups excluding carboxylic acids is 1. The molecule has 139 valence electrons. The van der Waals surface area contributed by atoms with Gasteiger partial charge in [-0.1, -0.05) is 18.2 Å². The molecular formula is C21H24IrN2O2. The number of hydrogen-bond acceptors (Lipinski definition) is 3. The minimum absolute atomic E-state index is 0. The fraction of sp³-hybridized carbons (Fsp3) is 0.238. The van der Waals surface area contributed by atoms with E-state index in [9.17, 15) is 0 Å². The van der Waals surface area contributed by atoms with Crippen molar-refractivity contribution in [3.05, 3.63) is 77.6 Å². The molecule has 2 aromatic carbocycles. The van der Waals surface area contributed by atoms with Crippen LogP contribution in [-0.2, 0) is 20.1 Å². The van der Waals surface area contributed by atoms with Gasteiger partial charge >= 0.3 is 5.78 Å². The summed E-state index contributed by atoms with van der Waals surface area (Å²) in [7, 11) is 2.12. The van der Waals surface area contributed by atoms with Crippen LogP contribution in [0.15, 0.2) is 65.4 Å². The average Bonchev–Trinajstić information content (AvgIpc) is 2.75. The summed E-state index contributed by atoms with van der Waals surface area (Å²) in [5.41, 5.74) is 4.56. The van der Waals surface area contributed by atoms with Gasteiger partial charge in [-0.15, -0.1) is 35.9 Å². The number of likely N-dealkylation sites (N-methyl/N-ethyl adjacent to an activating group) is 1. The standard InChI is InChI=1S/C16H15N2.C5H8O2.Ir/c1-18-12-11-17-16(13-7-3-2-4-8-13)14-9-5-6-10-15(14)18;1-4(6)3-5(2)7;/h2-7,9-10H,11-12H2,1H3;3,6H,1-2H3;/q-1;;/p+1/b;4-3-;. The molecule has 0 atom stereocenters. The predicted molar refractivity (Wildman–Crippen MR) is 104 cm³/mol. The largest absolute Gasteiger partial charge is 0.512 e. The van der Waals surface area contributed by atoms with Gasteiger partial charge in [-0.25, -0.2) is 0 Å². The van der Waals surface area contributed by atoms with Gasteiger partial charge in [0.1, 0.15) is 0 Å². The second-order valence-electron chi connectivity index (χ2n) is 5.87. The predicted octanol–water partition coefficient (Wildman–Crippen LogP) is 3.78. The van der Waals surface area contributed by atoms with Crippen LogP contribution in [0.4, 0.5) is 5.69 Å². The summed E-state index contributed by atoms with van der Waals surface area (Å²) >= 11 is 0. The summed E-state index contributed by atoms with van der Waals surface area (Å²) < 4.78 is 0. The van der Waals surface area contributed by atoms with E-state index < -0.39 is 0 Å². The molecule has 3 rings (SSSR count). The first-order valence-corrected chi connectivity index (χ1v) is 8.21. The molecule has 1 aliphatic rings. The Morgan fingerprint density at radius 1 is 1.19 bits per heavy atom. The fourth-order valence-electron chi connectivity index (χ4n) is 2.60. The van der Waals surface area contributed by atoms with E-state index in [4.69, 9.17) is 14.9 Å². The van der Waals surface area contributed by atoms with E-state index in [1.807, 2.05) is 18.2 Å². The smallest absolute Gasteiger partial charge is 0.316 e. The minimum Gasteiger partial charge on any atom is -0.512 e. The Balaban J connectivity index is 0.000000366. The van der Waals surface area contributed by atoms with Crippen molar-refractivity contribution in [3.8, 4) is 0 Å². The molecule has 0 saturated carbocycles. The van der Waals surface area contributed by atoms with Crippen molar-refractivity contribution in [1.29, 1.82) is 0 Å². The maximum absolute atomic E-state index is 8.40. The van der Waals surface area contributed by atoms with Gasteiger partial charge in [0.2, 0.25) is 0 Å². The number of aliphatic hydroxyl groups is 1. The molecule has 0 unspecified atom stereocenters. The topological polar surface area (TPSA) is 57.2 Å². The number of ketones is 1. The summed E-state index contributed by atoms with van der Waals surface area (Å²) in [5.74, 6) is 0.250. The number of allylic oxidation sites excluding steroid dienone is 2. The van der Waals surface area contributed by atoms with Crippen LogP contribution in [-0.4, -0.2) is 41.5 Å². The normalized spacial score (nSPS) is 13.3. The van der Waals surface area contributed by atoms with Crippen molar-refractivity contribution in [1.82, 2.24) is 0 Å². The zero-order chi connectivity index (χ0) is 18.2. The Morgan fingerprint density at radius 2 is 1.88 bits per heavy atom. The van der Waals surface area contributed by atoms with Crippen LogP contribution < -0.4 is 4.90 Å². The molecule has 2 aromatic rings. The molecule has 1 aliphatic heterocycles. The molecule has 0 aliphatic carbocycles. The van der Waals surface area contributed by atoms with E-state index >= 15 is 0 Å². The second-order valence-corrected chi connectivity index (χ2v) is 5.87. The van der Waals surface area contributed by atoms with Gasteiger partial charge in [0.25, 0.3) is 0 Å². The number of rotatable bonds is 2. The molecule has 1 radical (unpaired) electrons. The number of aliphatic imine (C=N–C) groups is 1. The summed E-state index contributed by atoms with van der Waals surface area (Å²) in [5, 5.41) is 8.40. The number of nitrogens with zero attached hydrogens (tertiary/aromatic N) is 2. The molecule has 1 heterocycles. The monoisotopic (exact) mass is 529 g/mol. The fourth-order valence-corrected chi connectivity index (χ4v) is 2.60. The first kappa shape index (κ1) is 21.8. The van der Waals surface area contributed by atoms with Crippen LogP contribution in [0.2, 0.25) is 0 Å². The van der Waals surface area contributed by atoms with Crippen LogP contribution in [0.5, 0.6) is 0 Å². The zero-order valence-electron chi connectivity index (χ0n) is 15.2. The number of para-hydroxylation sites is 1. The third-order valence-corrected chi connectivity index (χ3v) is 3.66. The Labute approximate surface area is 168 Å². The van der Waals surface area contributed by atoms with Gasteiger partial charge in [0.05, 0.1) is 18.8 Å². The molecule has 5 heteroatoms. The minimum atomic E-state index is 0. The third kappa shape index (κ3) is 6.25. The number of fused-ring (bicyclic) bond motifs is 1. The molecule has 0 saturated heterocycles. The Kier molecular flexibility index (Phi) is 8.97. The number of benzodiazepines with no additional fused rings is 1. The zero-order valence-corrected chi connectivity index (χ0v) is 17.6. The van der Waals surface area contributed by atoms with E-state index in [1.54, 1.807) is 0 Å². The Morgan fingerprint density at radius 3 is 2.46 bits per heavy atom. The molecule has 26 heavy (non-hydrogen) atoms. The van der Waals surface area contributed by atoms with Crippen LogP contribution >= 0.6 is 0 Å². The van der Waals surface area contributed by atoms with E-state index in [2.05, 4.69) is 48.3 Å². The van der Waals surface area contributed by atoms with E-state index in [1.165, 1.54) is 31.2 Å². The molecule has 4 nitrogen and oxygen atoms in total. The summed E-state index contributed by atoms with van der Waals surface area (Å²) in [6.07, 6.45) is 1.28. The number of anilines is 1. The van der Waals surface area contributed by atoms with Crippen molar-refractivity contribution in [2.45, 2.75) is 13.8 Å². The Hall–Kier alpha value is -2.23. The first-order chi connectivity index (χ1) is 12.0. The van der Waals surface area contributed by atoms with Crippen LogP contribution in [0, 0.1) is 6.07 Å². The molecular weight excluding hydrogens is 504 g/mol. The number of aliphatic hydroxyl groups excluding tert-OH is 1. The molecule has 0 bridgehead atoms. The summed E-state index contributed by atoms with van der Waals surface area (Å²) in [6, 6.07) is 19.7. The van der Waals surface area contributed by atoms with Gasteiger partial charge in [-0.2, -0.15) is 0 Å². The van der Waals surface area contributed by atoms with Crippen molar-refractivity contribution in [3.63, 3.8) is 0 Å².